The average Bonchev–Trinajstić information content (AvgIpc) is 2.90. The third-order valence-electron chi connectivity index (χ3n) is 4.23. The molecule has 0 spiro atoms. The molecule has 2 nitrogen and oxygen atoms in total. The lowest BCUT2D eigenvalue weighted by Gasteiger charge is -2.19. The first-order valence-electron chi connectivity index (χ1n) is 6.83. The molecule has 0 N–H and O–H groups in total. The van der Waals surface area contributed by atoms with Crippen LogP contribution in [0.15, 0.2) is 12.1 Å². The second-order valence-electron chi connectivity index (χ2n) is 6.35. The highest BCUT2D eigenvalue weighted by molar-refractivity contribution is 6.31. The molecular formula is C15H17Cl2FN2. The van der Waals surface area contributed by atoms with Crippen LogP contribution < -0.4 is 0 Å². The van der Waals surface area contributed by atoms with Gasteiger partial charge in [-0.15, -0.1) is 11.6 Å². The van der Waals surface area contributed by atoms with E-state index in [9.17, 15) is 4.39 Å². The number of benzene rings is 1. The number of alkyl halides is 1. The van der Waals surface area contributed by atoms with Crippen molar-refractivity contribution < 1.29 is 4.39 Å². The highest BCUT2D eigenvalue weighted by Crippen LogP contribution is 2.45. The molecule has 1 unspecified atom stereocenters. The van der Waals surface area contributed by atoms with Crippen molar-refractivity contribution in [3.05, 3.63) is 28.8 Å². The van der Waals surface area contributed by atoms with E-state index in [1.807, 2.05) is 0 Å². The van der Waals surface area contributed by atoms with Crippen molar-refractivity contribution in [1.82, 2.24) is 9.55 Å². The van der Waals surface area contributed by atoms with E-state index in [4.69, 9.17) is 23.2 Å². The van der Waals surface area contributed by atoms with Crippen molar-refractivity contribution in [2.75, 3.05) is 0 Å². The summed E-state index contributed by atoms with van der Waals surface area (Å²) >= 11 is 11.9. The minimum atomic E-state index is -0.404. The lowest BCUT2D eigenvalue weighted by molar-refractivity contribution is 0.359. The number of nitrogens with zero attached hydrogens (tertiary/aromatic N) is 2. The van der Waals surface area contributed by atoms with E-state index in [0.29, 0.717) is 17.3 Å². The summed E-state index contributed by atoms with van der Waals surface area (Å²) in [6, 6.07) is 3.40. The van der Waals surface area contributed by atoms with E-state index in [-0.39, 0.29) is 5.02 Å². The molecule has 1 fully saturated rings. The van der Waals surface area contributed by atoms with E-state index >= 15 is 0 Å². The Bertz CT molecular complexity index is 663. The maximum Gasteiger partial charge on any atom is 0.144 e. The summed E-state index contributed by atoms with van der Waals surface area (Å²) in [6.07, 6.45) is 3.30. The van der Waals surface area contributed by atoms with Gasteiger partial charge in [0.05, 0.1) is 21.9 Å². The van der Waals surface area contributed by atoms with Crippen LogP contribution in [0.25, 0.3) is 11.0 Å². The average molecular weight is 315 g/mol. The second-order valence-corrected chi connectivity index (χ2v) is 7.02. The van der Waals surface area contributed by atoms with Crippen molar-refractivity contribution in [3.63, 3.8) is 0 Å². The van der Waals surface area contributed by atoms with E-state index in [2.05, 4.69) is 23.4 Å². The molecule has 0 radical (unpaired) electrons. The number of hydrogen-bond acceptors (Lipinski definition) is 1. The van der Waals surface area contributed by atoms with Gasteiger partial charge in [-0.3, -0.25) is 0 Å². The van der Waals surface area contributed by atoms with Gasteiger partial charge in [-0.1, -0.05) is 25.4 Å². The predicted molar refractivity (Wildman–Crippen MR) is 80.9 cm³/mol. The van der Waals surface area contributed by atoms with Crippen LogP contribution in [0.2, 0.25) is 5.02 Å². The zero-order valence-corrected chi connectivity index (χ0v) is 13.1. The Hall–Kier alpha value is -0.800. The fraction of sp³-hybridized carbons (Fsp3) is 0.533. The topological polar surface area (TPSA) is 17.8 Å². The van der Waals surface area contributed by atoms with Crippen LogP contribution in [0.4, 0.5) is 4.39 Å². The predicted octanol–water partition coefficient (Wildman–Crippen LogP) is 5.32. The minimum Gasteiger partial charge on any atom is -0.324 e. The molecule has 1 heterocycles. The lowest BCUT2D eigenvalue weighted by atomic mass is 9.92. The Morgan fingerprint density at radius 1 is 1.45 bits per heavy atom. The van der Waals surface area contributed by atoms with Gasteiger partial charge in [-0.25, -0.2) is 9.37 Å². The number of hydrogen-bond donors (Lipinski definition) is 0. The SMILES string of the molecule is CC1(C)CCC(n2c(CCl)nc3cc(Cl)c(F)cc32)C1. The van der Waals surface area contributed by atoms with Crippen LogP contribution in [-0.2, 0) is 5.88 Å². The molecule has 1 saturated carbocycles. The first kappa shape index (κ1) is 14.2. The van der Waals surface area contributed by atoms with E-state index in [1.54, 1.807) is 6.07 Å². The number of rotatable bonds is 2. The third kappa shape index (κ3) is 2.31. The summed E-state index contributed by atoms with van der Waals surface area (Å²) in [6.45, 7) is 4.54. The van der Waals surface area contributed by atoms with Gasteiger partial charge in [-0.05, 0) is 30.7 Å². The van der Waals surface area contributed by atoms with Gasteiger partial charge in [-0.2, -0.15) is 0 Å². The maximum absolute atomic E-state index is 13.8. The van der Waals surface area contributed by atoms with E-state index in [1.165, 1.54) is 6.07 Å². The van der Waals surface area contributed by atoms with E-state index < -0.39 is 5.82 Å². The molecule has 3 rings (SSSR count). The summed E-state index contributed by atoms with van der Waals surface area (Å²) < 4.78 is 15.9. The Morgan fingerprint density at radius 3 is 2.80 bits per heavy atom. The molecule has 1 aliphatic rings. The highest BCUT2D eigenvalue weighted by atomic mass is 35.5. The molecule has 1 aromatic carbocycles. The monoisotopic (exact) mass is 314 g/mol. The molecule has 1 aromatic heterocycles. The molecule has 5 heteroatoms. The molecule has 0 bridgehead atoms. The van der Waals surface area contributed by atoms with Gasteiger partial charge in [0.15, 0.2) is 0 Å². The lowest BCUT2D eigenvalue weighted by Crippen LogP contribution is -2.11. The molecular weight excluding hydrogens is 298 g/mol. The Balaban J connectivity index is 2.15. The van der Waals surface area contributed by atoms with Crippen LogP contribution in [0.1, 0.15) is 45.0 Å². The molecule has 1 atom stereocenters. The Morgan fingerprint density at radius 2 is 2.20 bits per heavy atom. The van der Waals surface area contributed by atoms with Crippen molar-refractivity contribution in [3.8, 4) is 0 Å². The van der Waals surface area contributed by atoms with Crippen molar-refractivity contribution in [2.24, 2.45) is 5.41 Å². The summed E-state index contributed by atoms with van der Waals surface area (Å²) in [7, 11) is 0. The molecule has 108 valence electrons. The standard InChI is InChI=1S/C15H17Cl2FN2/c1-15(2)4-3-9(7-15)20-13-6-11(18)10(17)5-12(13)19-14(20)8-16/h5-6,9H,3-4,7-8H2,1-2H3. The Kier molecular flexibility index (Phi) is 3.46. The van der Waals surface area contributed by atoms with E-state index in [0.717, 1.165) is 36.1 Å². The first-order valence-corrected chi connectivity index (χ1v) is 7.74. The fourth-order valence-electron chi connectivity index (χ4n) is 3.26. The zero-order valence-electron chi connectivity index (χ0n) is 11.6. The Labute approximate surface area is 127 Å². The number of fused-ring (bicyclic) bond motifs is 1. The number of imidazole rings is 1. The van der Waals surface area contributed by atoms with Gasteiger partial charge in [0.1, 0.15) is 11.6 Å². The molecule has 0 saturated heterocycles. The molecule has 1 aliphatic carbocycles. The summed E-state index contributed by atoms with van der Waals surface area (Å²) in [5.41, 5.74) is 1.83. The third-order valence-corrected chi connectivity index (χ3v) is 4.76. The zero-order chi connectivity index (χ0) is 14.5. The summed E-state index contributed by atoms with van der Waals surface area (Å²) in [4.78, 5) is 4.51. The van der Waals surface area contributed by atoms with Crippen LogP contribution >= 0.6 is 23.2 Å². The molecule has 20 heavy (non-hydrogen) atoms. The van der Waals surface area contributed by atoms with Crippen molar-refractivity contribution in [1.29, 1.82) is 0 Å². The van der Waals surface area contributed by atoms with Gasteiger partial charge in [0.25, 0.3) is 0 Å². The minimum absolute atomic E-state index is 0.107. The van der Waals surface area contributed by atoms with Crippen LogP contribution in [-0.4, -0.2) is 9.55 Å². The number of aromatic nitrogens is 2. The van der Waals surface area contributed by atoms with Crippen molar-refractivity contribution in [2.45, 2.75) is 45.0 Å². The summed E-state index contributed by atoms with van der Waals surface area (Å²) in [5.74, 6) is 0.718. The largest absolute Gasteiger partial charge is 0.324 e. The quantitative estimate of drug-likeness (QED) is 0.686. The highest BCUT2D eigenvalue weighted by Gasteiger charge is 2.33. The normalized spacial score (nSPS) is 21.8. The summed E-state index contributed by atoms with van der Waals surface area (Å²) in [5, 5.41) is 0.107. The number of halogens is 3. The van der Waals surface area contributed by atoms with Crippen LogP contribution in [0, 0.1) is 11.2 Å². The van der Waals surface area contributed by atoms with Crippen LogP contribution in [0.5, 0.6) is 0 Å². The van der Waals surface area contributed by atoms with Gasteiger partial charge >= 0.3 is 0 Å². The van der Waals surface area contributed by atoms with Gasteiger partial charge < -0.3 is 4.57 Å². The molecule has 0 aliphatic heterocycles. The molecule has 2 aromatic rings. The second kappa shape index (κ2) is 4.88. The molecule has 0 amide bonds. The first-order chi connectivity index (χ1) is 9.41. The smallest absolute Gasteiger partial charge is 0.144 e. The fourth-order valence-corrected chi connectivity index (χ4v) is 3.61. The van der Waals surface area contributed by atoms with Gasteiger partial charge in [0.2, 0.25) is 0 Å². The van der Waals surface area contributed by atoms with Crippen LogP contribution in [0.3, 0.4) is 0 Å². The van der Waals surface area contributed by atoms with Crippen molar-refractivity contribution >= 4 is 34.2 Å². The maximum atomic E-state index is 13.8. The van der Waals surface area contributed by atoms with Gasteiger partial charge in [0, 0.05) is 12.1 Å².